The Morgan fingerprint density at radius 2 is 2.05 bits per heavy atom. The Bertz CT molecular complexity index is 316. The molecule has 4 nitrogen and oxygen atoms in total. The molecule has 0 aromatic carbocycles. The van der Waals surface area contributed by atoms with E-state index in [1.807, 2.05) is 6.92 Å². The highest BCUT2D eigenvalue weighted by atomic mass is 16.5. The summed E-state index contributed by atoms with van der Waals surface area (Å²) in [5, 5.41) is 3.61. The fraction of sp³-hybridized carbons (Fsp3) is 0.938. The number of ether oxygens (including phenoxy) is 1. The van der Waals surface area contributed by atoms with Gasteiger partial charge in [-0.25, -0.2) is 0 Å². The molecule has 4 heteroatoms. The fourth-order valence-electron chi connectivity index (χ4n) is 3.67. The van der Waals surface area contributed by atoms with Gasteiger partial charge in [0.2, 0.25) is 5.91 Å². The minimum atomic E-state index is 0.0228. The Labute approximate surface area is 123 Å². The Hall–Kier alpha value is -0.610. The minimum Gasteiger partial charge on any atom is -0.380 e. The van der Waals surface area contributed by atoms with Crippen LogP contribution in [0.4, 0.5) is 0 Å². The van der Waals surface area contributed by atoms with E-state index < -0.39 is 0 Å². The number of carbonyl (C=O) groups is 1. The Balaban J connectivity index is 2.07. The van der Waals surface area contributed by atoms with Gasteiger partial charge in [-0.1, -0.05) is 26.2 Å². The number of amides is 1. The van der Waals surface area contributed by atoms with Crippen LogP contribution in [0.1, 0.15) is 59.3 Å². The third kappa shape index (κ3) is 3.34. The van der Waals surface area contributed by atoms with E-state index in [0.717, 1.165) is 12.8 Å². The lowest BCUT2D eigenvalue weighted by atomic mass is 10.0. The molecule has 0 aromatic heterocycles. The summed E-state index contributed by atoms with van der Waals surface area (Å²) in [6, 6.07) is 0.192. The molecule has 0 radical (unpaired) electrons. The van der Waals surface area contributed by atoms with Crippen LogP contribution >= 0.6 is 0 Å². The van der Waals surface area contributed by atoms with E-state index >= 15 is 0 Å². The van der Waals surface area contributed by atoms with Crippen molar-refractivity contribution < 1.29 is 9.53 Å². The smallest absolute Gasteiger partial charge is 0.241 e. The van der Waals surface area contributed by atoms with Gasteiger partial charge >= 0.3 is 0 Å². The molecule has 2 fully saturated rings. The van der Waals surface area contributed by atoms with Crippen LogP contribution in [0.5, 0.6) is 0 Å². The van der Waals surface area contributed by atoms with E-state index in [2.05, 4.69) is 24.1 Å². The zero-order valence-electron chi connectivity index (χ0n) is 13.2. The van der Waals surface area contributed by atoms with Crippen LogP contribution in [0.2, 0.25) is 0 Å². The van der Waals surface area contributed by atoms with Crippen molar-refractivity contribution in [3.8, 4) is 0 Å². The van der Waals surface area contributed by atoms with E-state index in [1.54, 1.807) is 0 Å². The highest BCUT2D eigenvalue weighted by Crippen LogP contribution is 2.33. The van der Waals surface area contributed by atoms with Crippen molar-refractivity contribution in [2.24, 2.45) is 5.92 Å². The van der Waals surface area contributed by atoms with E-state index in [9.17, 15) is 4.79 Å². The van der Waals surface area contributed by atoms with Crippen molar-refractivity contribution in [3.63, 3.8) is 0 Å². The van der Waals surface area contributed by atoms with Crippen LogP contribution in [0.25, 0.3) is 0 Å². The molecular weight excluding hydrogens is 252 g/mol. The number of rotatable bonds is 7. The molecule has 3 unspecified atom stereocenters. The zero-order valence-corrected chi connectivity index (χ0v) is 13.2. The maximum absolute atomic E-state index is 12.7. The van der Waals surface area contributed by atoms with Crippen molar-refractivity contribution in [1.82, 2.24) is 10.2 Å². The van der Waals surface area contributed by atoms with Gasteiger partial charge < -0.3 is 9.64 Å². The lowest BCUT2D eigenvalue weighted by molar-refractivity contribution is -0.134. The monoisotopic (exact) mass is 282 g/mol. The first-order chi connectivity index (χ1) is 9.69. The second-order valence-corrected chi connectivity index (χ2v) is 6.25. The number of hydrogen-bond acceptors (Lipinski definition) is 3. The van der Waals surface area contributed by atoms with E-state index in [0.29, 0.717) is 19.1 Å². The van der Waals surface area contributed by atoms with Crippen LogP contribution in [-0.4, -0.2) is 42.3 Å². The number of nitrogens with zero attached hydrogens (tertiary/aromatic N) is 1. The molecule has 1 aliphatic carbocycles. The Kier molecular flexibility index (Phi) is 5.85. The van der Waals surface area contributed by atoms with Crippen molar-refractivity contribution >= 4 is 5.91 Å². The second-order valence-electron chi connectivity index (χ2n) is 6.25. The average Bonchev–Trinajstić information content (AvgIpc) is 3.05. The molecule has 1 saturated heterocycles. The molecule has 1 amide bonds. The summed E-state index contributed by atoms with van der Waals surface area (Å²) in [4.78, 5) is 14.8. The van der Waals surface area contributed by atoms with Gasteiger partial charge in [0.05, 0.1) is 24.9 Å². The minimum absolute atomic E-state index is 0.0228. The van der Waals surface area contributed by atoms with Crippen molar-refractivity contribution in [1.29, 1.82) is 0 Å². The average molecular weight is 282 g/mol. The molecular formula is C16H30N2O2. The largest absolute Gasteiger partial charge is 0.380 e. The SMILES string of the molecule is CCCC1NC(C2CCCC2)N(C(C)COCC)C1=O. The summed E-state index contributed by atoms with van der Waals surface area (Å²) in [5.74, 6) is 0.917. The molecule has 0 spiro atoms. The predicted octanol–water partition coefficient (Wildman–Crippen LogP) is 2.53. The van der Waals surface area contributed by atoms with Gasteiger partial charge in [0.15, 0.2) is 0 Å². The van der Waals surface area contributed by atoms with Gasteiger partial charge in [-0.05, 0) is 39.0 Å². The fourth-order valence-corrected chi connectivity index (χ4v) is 3.67. The first kappa shape index (κ1) is 15.8. The summed E-state index contributed by atoms with van der Waals surface area (Å²) in [7, 11) is 0. The summed E-state index contributed by atoms with van der Waals surface area (Å²) in [6.07, 6.45) is 7.35. The van der Waals surface area contributed by atoms with E-state index in [1.165, 1.54) is 25.7 Å². The van der Waals surface area contributed by atoms with Gasteiger partial charge in [0, 0.05) is 6.61 Å². The van der Waals surface area contributed by atoms with Gasteiger partial charge in [0.1, 0.15) is 0 Å². The van der Waals surface area contributed by atoms with Crippen LogP contribution in [0.3, 0.4) is 0 Å². The Morgan fingerprint density at radius 1 is 1.35 bits per heavy atom. The lowest BCUT2D eigenvalue weighted by Crippen LogP contribution is -2.48. The van der Waals surface area contributed by atoms with Crippen molar-refractivity contribution in [2.75, 3.05) is 13.2 Å². The third-order valence-corrected chi connectivity index (χ3v) is 4.69. The lowest BCUT2D eigenvalue weighted by Gasteiger charge is -2.33. The molecule has 20 heavy (non-hydrogen) atoms. The Morgan fingerprint density at radius 3 is 2.65 bits per heavy atom. The molecule has 116 valence electrons. The highest BCUT2D eigenvalue weighted by Gasteiger charge is 2.44. The maximum Gasteiger partial charge on any atom is 0.241 e. The zero-order chi connectivity index (χ0) is 14.5. The van der Waals surface area contributed by atoms with Gasteiger partial charge in [-0.2, -0.15) is 0 Å². The molecule has 0 bridgehead atoms. The van der Waals surface area contributed by atoms with Crippen LogP contribution in [0, 0.1) is 5.92 Å². The summed E-state index contributed by atoms with van der Waals surface area (Å²) < 4.78 is 5.54. The molecule has 2 aliphatic rings. The van der Waals surface area contributed by atoms with E-state index in [-0.39, 0.29) is 24.2 Å². The maximum atomic E-state index is 12.7. The normalized spacial score (nSPS) is 29.4. The molecule has 1 aliphatic heterocycles. The van der Waals surface area contributed by atoms with Crippen LogP contribution in [-0.2, 0) is 9.53 Å². The molecule has 1 N–H and O–H groups in total. The summed E-state index contributed by atoms with van der Waals surface area (Å²) in [6.45, 7) is 7.63. The highest BCUT2D eigenvalue weighted by molar-refractivity contribution is 5.84. The number of nitrogens with one attached hydrogen (secondary N) is 1. The standard InChI is InChI=1S/C16H30N2O2/c1-4-8-14-16(19)18(12(3)11-20-5-2)15(17-14)13-9-6-7-10-13/h12-15,17H,4-11H2,1-3H3. The quantitative estimate of drug-likeness (QED) is 0.780. The molecule has 2 rings (SSSR count). The van der Waals surface area contributed by atoms with Gasteiger partial charge in [0.25, 0.3) is 0 Å². The first-order valence-electron chi connectivity index (χ1n) is 8.35. The summed E-state index contributed by atoms with van der Waals surface area (Å²) in [5.41, 5.74) is 0. The summed E-state index contributed by atoms with van der Waals surface area (Å²) >= 11 is 0. The van der Waals surface area contributed by atoms with Gasteiger partial charge in [-0.3, -0.25) is 10.1 Å². The topological polar surface area (TPSA) is 41.6 Å². The first-order valence-corrected chi connectivity index (χ1v) is 8.35. The number of carbonyl (C=O) groups excluding carboxylic acids is 1. The molecule has 1 saturated carbocycles. The van der Waals surface area contributed by atoms with E-state index in [4.69, 9.17) is 4.74 Å². The molecule has 3 atom stereocenters. The van der Waals surface area contributed by atoms with Gasteiger partial charge in [-0.15, -0.1) is 0 Å². The predicted molar refractivity (Wildman–Crippen MR) is 80.4 cm³/mol. The van der Waals surface area contributed by atoms with Crippen LogP contribution < -0.4 is 5.32 Å². The molecule has 1 heterocycles. The second kappa shape index (κ2) is 7.41. The van der Waals surface area contributed by atoms with Crippen LogP contribution in [0.15, 0.2) is 0 Å². The third-order valence-electron chi connectivity index (χ3n) is 4.69. The molecule has 0 aromatic rings. The number of hydrogen-bond donors (Lipinski definition) is 1. The van der Waals surface area contributed by atoms with Crippen molar-refractivity contribution in [2.45, 2.75) is 77.5 Å². The van der Waals surface area contributed by atoms with Crippen molar-refractivity contribution in [3.05, 3.63) is 0 Å².